The summed E-state index contributed by atoms with van der Waals surface area (Å²) in [4.78, 5) is 27.4. The first kappa shape index (κ1) is 22.1. The zero-order valence-corrected chi connectivity index (χ0v) is 18.4. The molecule has 1 aliphatic heterocycles. The van der Waals surface area contributed by atoms with E-state index in [0.29, 0.717) is 23.8 Å². The van der Waals surface area contributed by atoms with Gasteiger partial charge in [-0.3, -0.25) is 4.79 Å². The highest BCUT2D eigenvalue weighted by atomic mass is 35.5. The highest BCUT2D eigenvalue weighted by Crippen LogP contribution is 2.44. The van der Waals surface area contributed by atoms with Crippen LogP contribution in [0.3, 0.4) is 0 Å². The first-order valence-corrected chi connectivity index (χ1v) is 10.9. The van der Waals surface area contributed by atoms with E-state index in [2.05, 4.69) is 27.7 Å². The van der Waals surface area contributed by atoms with Crippen LogP contribution in [-0.2, 0) is 14.3 Å². The third-order valence-electron chi connectivity index (χ3n) is 4.50. The van der Waals surface area contributed by atoms with Crippen molar-refractivity contribution in [3.05, 3.63) is 34.9 Å². The van der Waals surface area contributed by atoms with E-state index in [4.69, 9.17) is 16.3 Å². The average Bonchev–Trinajstić information content (AvgIpc) is 2.98. The minimum atomic E-state index is -0.564. The van der Waals surface area contributed by atoms with Gasteiger partial charge in [0.25, 0.3) is 0 Å². The molecule has 0 bridgehead atoms. The molecule has 27 heavy (non-hydrogen) atoms. The van der Waals surface area contributed by atoms with E-state index >= 15 is 0 Å². The van der Waals surface area contributed by atoms with E-state index in [9.17, 15) is 9.59 Å². The summed E-state index contributed by atoms with van der Waals surface area (Å²) in [5, 5.41) is 0.350. The lowest BCUT2D eigenvalue weighted by atomic mass is 9.84. The molecule has 0 N–H and O–H groups in total. The summed E-state index contributed by atoms with van der Waals surface area (Å²) in [6.07, 6.45) is 1.36. The highest BCUT2D eigenvalue weighted by Gasteiger charge is 2.43. The van der Waals surface area contributed by atoms with Crippen LogP contribution in [0.4, 0.5) is 0 Å². The number of hydrogen-bond donors (Lipinski definition) is 0. The van der Waals surface area contributed by atoms with E-state index < -0.39 is 6.04 Å². The molecule has 0 aliphatic carbocycles. The van der Waals surface area contributed by atoms with E-state index in [0.717, 1.165) is 12.0 Å². The number of nitrogens with zero attached hydrogens (tertiary/aromatic N) is 1. The van der Waals surface area contributed by atoms with Gasteiger partial charge in [-0.25, -0.2) is 4.79 Å². The Kier molecular flexibility index (Phi) is 7.64. The van der Waals surface area contributed by atoms with Gasteiger partial charge in [-0.05, 0) is 30.7 Å². The van der Waals surface area contributed by atoms with Crippen LogP contribution in [0.1, 0.15) is 58.4 Å². The van der Waals surface area contributed by atoms with Crippen LogP contribution in [0, 0.1) is 11.3 Å². The number of thioether (sulfide) groups is 1. The van der Waals surface area contributed by atoms with Crippen molar-refractivity contribution in [1.82, 2.24) is 4.90 Å². The molecule has 0 radical (unpaired) electrons. The Balaban J connectivity index is 2.26. The largest absolute Gasteiger partial charge is 0.464 e. The number of esters is 1. The normalized spacial score (nSPS) is 21.2. The number of benzene rings is 1. The van der Waals surface area contributed by atoms with E-state index in [-0.39, 0.29) is 28.6 Å². The van der Waals surface area contributed by atoms with Gasteiger partial charge in [0.05, 0.1) is 6.61 Å². The van der Waals surface area contributed by atoms with Crippen molar-refractivity contribution >= 4 is 35.2 Å². The summed E-state index contributed by atoms with van der Waals surface area (Å²) in [5.74, 6) is 0.405. The maximum atomic E-state index is 13.2. The highest BCUT2D eigenvalue weighted by molar-refractivity contribution is 7.99. The second kappa shape index (κ2) is 9.33. The fourth-order valence-corrected chi connectivity index (χ4v) is 5.44. The number of hydrogen-bond acceptors (Lipinski definition) is 4. The fraction of sp³-hybridized carbons (Fsp3) is 0.619. The predicted octanol–water partition coefficient (Wildman–Crippen LogP) is 5.31. The monoisotopic (exact) mass is 411 g/mol. The summed E-state index contributed by atoms with van der Waals surface area (Å²) in [6.45, 7) is 10.7. The minimum absolute atomic E-state index is 0.0141. The second-order valence-electron chi connectivity index (χ2n) is 8.35. The summed E-state index contributed by atoms with van der Waals surface area (Å²) < 4.78 is 5.23. The van der Waals surface area contributed by atoms with Gasteiger partial charge in [0.1, 0.15) is 11.4 Å². The Labute approximate surface area is 172 Å². The van der Waals surface area contributed by atoms with Crippen LogP contribution in [-0.4, -0.2) is 35.2 Å². The van der Waals surface area contributed by atoms with Crippen molar-refractivity contribution in [3.63, 3.8) is 0 Å². The summed E-state index contributed by atoms with van der Waals surface area (Å²) in [6, 6.07) is 6.95. The molecule has 1 aliphatic rings. The van der Waals surface area contributed by atoms with Crippen LogP contribution < -0.4 is 0 Å². The van der Waals surface area contributed by atoms with Gasteiger partial charge < -0.3 is 9.64 Å². The van der Waals surface area contributed by atoms with Gasteiger partial charge in [-0.15, -0.1) is 11.8 Å². The smallest absolute Gasteiger partial charge is 0.329 e. The Bertz CT molecular complexity index is 674. The number of carbonyl (C=O) groups is 2. The molecule has 4 nitrogen and oxygen atoms in total. The van der Waals surface area contributed by atoms with Gasteiger partial charge in [-0.2, -0.15) is 0 Å². The third kappa shape index (κ3) is 5.89. The van der Waals surface area contributed by atoms with Crippen LogP contribution >= 0.6 is 23.4 Å². The van der Waals surface area contributed by atoms with Gasteiger partial charge in [0, 0.05) is 22.8 Å². The molecule has 3 atom stereocenters. The second-order valence-corrected chi connectivity index (χ2v) is 9.87. The van der Waals surface area contributed by atoms with Crippen molar-refractivity contribution in [2.24, 2.45) is 11.3 Å². The maximum absolute atomic E-state index is 13.2. The number of carbonyl (C=O) groups excluding carboxylic acids is 2. The van der Waals surface area contributed by atoms with Crippen molar-refractivity contribution in [3.8, 4) is 0 Å². The maximum Gasteiger partial charge on any atom is 0.329 e. The van der Waals surface area contributed by atoms with Crippen LogP contribution in [0.25, 0.3) is 0 Å². The molecule has 6 heteroatoms. The molecule has 1 fully saturated rings. The molecule has 0 aromatic heterocycles. The molecule has 1 aromatic rings. The third-order valence-corrected chi connectivity index (χ3v) is 6.15. The van der Waals surface area contributed by atoms with Crippen molar-refractivity contribution in [2.45, 2.75) is 58.9 Å². The fourth-order valence-electron chi connectivity index (χ4n) is 3.67. The lowest BCUT2D eigenvalue weighted by Gasteiger charge is -2.31. The first-order chi connectivity index (χ1) is 12.6. The molecular weight excluding hydrogens is 382 g/mol. The molecule has 1 saturated heterocycles. The summed E-state index contributed by atoms with van der Waals surface area (Å²) >= 11 is 7.96. The van der Waals surface area contributed by atoms with E-state index in [1.165, 1.54) is 0 Å². The van der Waals surface area contributed by atoms with Crippen LogP contribution in [0.15, 0.2) is 24.3 Å². The molecular formula is C21H30ClNO3S. The zero-order chi connectivity index (χ0) is 20.2. The van der Waals surface area contributed by atoms with Crippen LogP contribution in [0.5, 0.6) is 0 Å². The number of halogens is 1. The number of rotatable bonds is 6. The molecule has 1 heterocycles. The number of amides is 1. The average molecular weight is 412 g/mol. The van der Waals surface area contributed by atoms with E-state index in [1.54, 1.807) is 23.6 Å². The standard InChI is InChI=1S/C21H30ClNO3S/c1-6-26-20(25)17-13-27-19(15-9-7-8-10-16(15)22)23(17)18(24)11-14(2)12-21(3,4)5/h7-10,14,17,19H,6,11-13H2,1-5H3/t14-,17+,19+/m1/s1. The van der Waals surface area contributed by atoms with E-state index in [1.807, 2.05) is 24.3 Å². The Hall–Kier alpha value is -1.20. The van der Waals surface area contributed by atoms with Crippen molar-refractivity contribution in [1.29, 1.82) is 0 Å². The lowest BCUT2D eigenvalue weighted by Crippen LogP contribution is -2.44. The molecule has 150 valence electrons. The first-order valence-electron chi connectivity index (χ1n) is 9.48. The lowest BCUT2D eigenvalue weighted by molar-refractivity contribution is -0.154. The summed E-state index contributed by atoms with van der Waals surface area (Å²) in [7, 11) is 0. The van der Waals surface area contributed by atoms with Gasteiger partial charge >= 0.3 is 5.97 Å². The molecule has 0 spiro atoms. The Morgan fingerprint density at radius 2 is 2.00 bits per heavy atom. The molecule has 0 saturated carbocycles. The Morgan fingerprint density at radius 1 is 1.33 bits per heavy atom. The predicted molar refractivity (Wildman–Crippen MR) is 112 cm³/mol. The molecule has 2 rings (SSSR count). The SMILES string of the molecule is CCOC(=O)[C@@H]1CS[C@@H](c2ccccc2Cl)N1C(=O)C[C@@H](C)CC(C)(C)C. The van der Waals surface area contributed by atoms with Crippen molar-refractivity contribution < 1.29 is 14.3 Å². The van der Waals surface area contributed by atoms with Gasteiger partial charge in [0.2, 0.25) is 5.91 Å². The Morgan fingerprint density at radius 3 is 2.59 bits per heavy atom. The number of ether oxygens (including phenoxy) is 1. The molecule has 0 unspecified atom stereocenters. The minimum Gasteiger partial charge on any atom is -0.464 e. The van der Waals surface area contributed by atoms with Gasteiger partial charge in [-0.1, -0.05) is 57.5 Å². The van der Waals surface area contributed by atoms with Gasteiger partial charge in [0.15, 0.2) is 0 Å². The van der Waals surface area contributed by atoms with Crippen LogP contribution in [0.2, 0.25) is 5.02 Å². The zero-order valence-electron chi connectivity index (χ0n) is 16.8. The summed E-state index contributed by atoms with van der Waals surface area (Å²) in [5.41, 5.74) is 1.02. The molecule has 1 aromatic carbocycles. The van der Waals surface area contributed by atoms with Crippen molar-refractivity contribution in [2.75, 3.05) is 12.4 Å². The topological polar surface area (TPSA) is 46.6 Å². The molecule has 1 amide bonds. The quantitative estimate of drug-likeness (QED) is 0.595.